The van der Waals surface area contributed by atoms with Crippen LogP contribution in [0.4, 0.5) is 5.69 Å². The topological polar surface area (TPSA) is 166 Å². The number of hydrogen-bond acceptors (Lipinski definition) is 11. The molecule has 13 nitrogen and oxygen atoms in total. The van der Waals surface area contributed by atoms with Crippen molar-refractivity contribution < 1.29 is 42.7 Å². The van der Waals surface area contributed by atoms with Crippen molar-refractivity contribution in [3.8, 4) is 0 Å². The number of oxazole rings is 1. The van der Waals surface area contributed by atoms with Crippen LogP contribution in [0.1, 0.15) is 37.3 Å². The third kappa shape index (κ3) is 6.48. The van der Waals surface area contributed by atoms with Crippen LogP contribution < -0.4 is 5.76 Å². The smallest absolute Gasteiger partial charge is 0.422 e. The molecule has 14 heteroatoms. The molecule has 5 aromatic rings. The summed E-state index contributed by atoms with van der Waals surface area (Å²) in [6, 6.07) is 25.7. The third-order valence-electron chi connectivity index (χ3n) is 7.30. The van der Waals surface area contributed by atoms with Gasteiger partial charge in [-0.25, -0.2) is 23.7 Å². The zero-order valence-corrected chi connectivity index (χ0v) is 24.9. The van der Waals surface area contributed by atoms with Crippen LogP contribution in [0.15, 0.2) is 112 Å². The Hall–Kier alpha value is -5.79. The van der Waals surface area contributed by atoms with Gasteiger partial charge in [0.1, 0.15) is 5.52 Å². The number of benzene rings is 4. The summed E-state index contributed by atoms with van der Waals surface area (Å²) in [7, 11) is 0. The molecular formula is C33H23ClN2O11. The summed E-state index contributed by atoms with van der Waals surface area (Å²) < 4.78 is 29.7. The number of fused-ring (bicyclic) bond motifs is 1. The highest BCUT2D eigenvalue weighted by Gasteiger charge is 2.50. The second kappa shape index (κ2) is 13.3. The van der Waals surface area contributed by atoms with Crippen molar-refractivity contribution in [1.82, 2.24) is 4.57 Å². The number of non-ortho nitro benzene ring substituents is 1. The molecule has 47 heavy (non-hydrogen) atoms. The number of carbonyl (C=O) groups is 3. The standard InChI is InChI=1S/C33H23ClN2O11/c34-23-16-22(36(41)42)17-24-26(23)47-33(40)35(24)29-28(46-32(39)21-14-8-3-9-15-21)27(45-31(38)20-12-6-2-7-13-20)25(18-43-29)44-30(37)19-10-4-1-5-11-19/h1-17,25,27-29H,18H2/t25-,27-,28-,29+/m1/s1. The maximum Gasteiger partial charge on any atom is 0.422 e. The van der Waals surface area contributed by atoms with Gasteiger partial charge in [-0.2, -0.15) is 0 Å². The highest BCUT2D eigenvalue weighted by Crippen LogP contribution is 2.36. The first kappa shape index (κ1) is 31.2. The van der Waals surface area contributed by atoms with Crippen molar-refractivity contribution in [2.45, 2.75) is 24.5 Å². The number of nitro benzene ring substituents is 1. The van der Waals surface area contributed by atoms with Gasteiger partial charge in [-0.05, 0) is 36.4 Å². The maximum atomic E-state index is 13.5. The van der Waals surface area contributed by atoms with E-state index in [0.717, 1.165) is 16.7 Å². The number of nitro groups is 1. The number of halogens is 1. The Morgan fingerprint density at radius 2 is 1.26 bits per heavy atom. The molecule has 1 aliphatic heterocycles. The zero-order chi connectivity index (χ0) is 33.1. The van der Waals surface area contributed by atoms with Gasteiger partial charge < -0.3 is 23.4 Å². The van der Waals surface area contributed by atoms with Gasteiger partial charge in [0.05, 0.1) is 33.2 Å². The van der Waals surface area contributed by atoms with E-state index in [2.05, 4.69) is 0 Å². The van der Waals surface area contributed by atoms with Gasteiger partial charge in [0.2, 0.25) is 0 Å². The minimum absolute atomic E-state index is 0.103. The number of carbonyl (C=O) groups excluding carboxylic acids is 3. The SMILES string of the molecule is O=C(O[C@@H]1[C@H](OC(=O)c2ccccc2)[C@H](OC(=O)c2ccccc2)CO[C@@H]1n1c(=O)oc2c(Cl)cc([N+](=O)[O-])cc21)c1ccccc1. The van der Waals surface area contributed by atoms with Crippen molar-refractivity contribution in [1.29, 1.82) is 0 Å². The van der Waals surface area contributed by atoms with Gasteiger partial charge in [-0.15, -0.1) is 0 Å². The fraction of sp³-hybridized carbons (Fsp3) is 0.152. The highest BCUT2D eigenvalue weighted by atomic mass is 35.5. The van der Waals surface area contributed by atoms with E-state index in [9.17, 15) is 29.3 Å². The Bertz CT molecular complexity index is 2010. The first-order chi connectivity index (χ1) is 22.7. The molecule has 0 unspecified atom stereocenters. The predicted octanol–water partition coefficient (Wildman–Crippen LogP) is 5.36. The Kier molecular flexibility index (Phi) is 8.82. The Morgan fingerprint density at radius 1 is 0.766 bits per heavy atom. The number of hydrogen-bond donors (Lipinski definition) is 0. The van der Waals surface area contributed by atoms with Crippen LogP contribution in [-0.2, 0) is 18.9 Å². The summed E-state index contributed by atoms with van der Waals surface area (Å²) >= 11 is 6.23. The number of ether oxygens (including phenoxy) is 4. The van der Waals surface area contributed by atoms with E-state index in [-0.39, 0.29) is 32.8 Å². The Balaban J connectivity index is 1.47. The van der Waals surface area contributed by atoms with E-state index in [1.165, 1.54) is 36.4 Å². The summed E-state index contributed by atoms with van der Waals surface area (Å²) in [5.41, 5.74) is -0.412. The van der Waals surface area contributed by atoms with Crippen LogP contribution in [-0.4, -0.2) is 52.3 Å². The minimum Gasteiger partial charge on any atom is -0.452 e. The molecule has 0 amide bonds. The fourth-order valence-corrected chi connectivity index (χ4v) is 5.33. The van der Waals surface area contributed by atoms with Crippen molar-refractivity contribution >= 4 is 46.3 Å². The molecule has 1 saturated heterocycles. The molecule has 2 heterocycles. The molecule has 0 N–H and O–H groups in total. The van der Waals surface area contributed by atoms with E-state index < -0.39 is 65.4 Å². The summed E-state index contributed by atoms with van der Waals surface area (Å²) in [6.07, 6.45) is -6.19. The van der Waals surface area contributed by atoms with Crippen LogP contribution in [0, 0.1) is 10.1 Å². The minimum atomic E-state index is -1.67. The average Bonchev–Trinajstić information content (AvgIpc) is 3.43. The van der Waals surface area contributed by atoms with Crippen LogP contribution in [0.25, 0.3) is 11.1 Å². The van der Waals surface area contributed by atoms with E-state index in [1.807, 2.05) is 0 Å². The van der Waals surface area contributed by atoms with Gasteiger partial charge in [-0.1, -0.05) is 66.2 Å². The van der Waals surface area contributed by atoms with Gasteiger partial charge >= 0.3 is 23.7 Å². The first-order valence-corrected chi connectivity index (χ1v) is 14.5. The summed E-state index contributed by atoms with van der Waals surface area (Å²) in [5.74, 6) is -3.62. The Labute approximate surface area is 269 Å². The Morgan fingerprint density at radius 3 is 1.77 bits per heavy atom. The number of aromatic nitrogens is 1. The van der Waals surface area contributed by atoms with Gasteiger partial charge in [0, 0.05) is 12.1 Å². The first-order valence-electron chi connectivity index (χ1n) is 14.1. The zero-order valence-electron chi connectivity index (χ0n) is 24.1. The highest BCUT2D eigenvalue weighted by molar-refractivity contribution is 6.35. The molecule has 1 fully saturated rings. The molecule has 0 bridgehead atoms. The fourth-order valence-electron chi connectivity index (χ4n) is 5.09. The second-order valence-corrected chi connectivity index (χ2v) is 10.7. The molecule has 0 radical (unpaired) electrons. The lowest BCUT2D eigenvalue weighted by Gasteiger charge is -2.40. The number of rotatable bonds is 8. The molecule has 0 aliphatic carbocycles. The average molecular weight is 659 g/mol. The maximum absolute atomic E-state index is 13.5. The summed E-state index contributed by atoms with van der Waals surface area (Å²) in [5, 5.41) is 11.4. The van der Waals surface area contributed by atoms with Crippen LogP contribution in [0.3, 0.4) is 0 Å². The lowest BCUT2D eigenvalue weighted by molar-refractivity contribution is -0.384. The quantitative estimate of drug-likeness (QED) is 0.0911. The molecule has 0 saturated carbocycles. The van der Waals surface area contributed by atoms with Crippen molar-refractivity contribution in [3.63, 3.8) is 0 Å². The van der Waals surface area contributed by atoms with E-state index in [1.54, 1.807) is 54.6 Å². The van der Waals surface area contributed by atoms with Gasteiger partial charge in [-0.3, -0.25) is 10.1 Å². The lowest BCUT2D eigenvalue weighted by Crippen LogP contribution is -2.56. The molecule has 4 atom stereocenters. The number of esters is 3. The number of nitrogens with zero attached hydrogens (tertiary/aromatic N) is 2. The van der Waals surface area contributed by atoms with E-state index in [4.69, 9.17) is 35.0 Å². The van der Waals surface area contributed by atoms with Crippen molar-refractivity contribution in [2.24, 2.45) is 0 Å². The molecule has 238 valence electrons. The molecule has 6 rings (SSSR count). The monoisotopic (exact) mass is 658 g/mol. The summed E-state index contributed by atoms with van der Waals surface area (Å²) in [6.45, 7) is -0.461. The third-order valence-corrected chi connectivity index (χ3v) is 7.58. The van der Waals surface area contributed by atoms with E-state index >= 15 is 0 Å². The molecule has 4 aromatic carbocycles. The molecule has 1 aromatic heterocycles. The molecule has 0 spiro atoms. The largest absolute Gasteiger partial charge is 0.452 e. The predicted molar refractivity (Wildman–Crippen MR) is 164 cm³/mol. The normalized spacial score (nSPS) is 19.1. The van der Waals surface area contributed by atoms with E-state index in [0.29, 0.717) is 0 Å². The van der Waals surface area contributed by atoms with Crippen LogP contribution in [0.5, 0.6) is 0 Å². The van der Waals surface area contributed by atoms with Gasteiger partial charge in [0.15, 0.2) is 30.1 Å². The van der Waals surface area contributed by atoms with Crippen molar-refractivity contribution in [3.05, 3.63) is 146 Å². The van der Waals surface area contributed by atoms with Gasteiger partial charge in [0.25, 0.3) is 5.69 Å². The van der Waals surface area contributed by atoms with Crippen molar-refractivity contribution in [2.75, 3.05) is 6.61 Å². The second-order valence-electron chi connectivity index (χ2n) is 10.3. The molecule has 1 aliphatic rings. The summed E-state index contributed by atoms with van der Waals surface area (Å²) in [4.78, 5) is 64.3. The van der Waals surface area contributed by atoms with Crippen LogP contribution >= 0.6 is 11.6 Å². The molecular weight excluding hydrogens is 636 g/mol. The van der Waals surface area contributed by atoms with Crippen LogP contribution in [0.2, 0.25) is 5.02 Å². The lowest BCUT2D eigenvalue weighted by atomic mass is 10.0.